The highest BCUT2D eigenvalue weighted by molar-refractivity contribution is 9.11. The molecule has 0 radical (unpaired) electrons. The summed E-state index contributed by atoms with van der Waals surface area (Å²) < 4.78 is 0.994. The second kappa shape index (κ2) is 4.97. The molecule has 2 heterocycles. The first-order valence-electron chi connectivity index (χ1n) is 4.93. The molecule has 2 rings (SSSR count). The molecule has 0 aliphatic rings. The van der Waals surface area contributed by atoms with Crippen molar-refractivity contribution in [3.05, 3.63) is 32.4 Å². The van der Waals surface area contributed by atoms with Gasteiger partial charge in [0.2, 0.25) is 0 Å². The minimum atomic E-state index is -0.0137. The van der Waals surface area contributed by atoms with Gasteiger partial charge < -0.3 is 4.90 Å². The fourth-order valence-corrected chi connectivity index (χ4v) is 2.89. The number of nitrogens with zero attached hydrogens (tertiary/aromatic N) is 3. The van der Waals surface area contributed by atoms with Crippen LogP contribution in [0.25, 0.3) is 0 Å². The van der Waals surface area contributed by atoms with Crippen molar-refractivity contribution < 1.29 is 4.79 Å². The van der Waals surface area contributed by atoms with Gasteiger partial charge >= 0.3 is 0 Å². The molecule has 2 aromatic heterocycles. The van der Waals surface area contributed by atoms with E-state index in [0.29, 0.717) is 12.4 Å². The summed E-state index contributed by atoms with van der Waals surface area (Å²) in [5, 5.41) is 6.48. The fourth-order valence-electron chi connectivity index (χ4n) is 1.36. The van der Waals surface area contributed by atoms with Gasteiger partial charge in [0, 0.05) is 7.05 Å². The van der Waals surface area contributed by atoms with E-state index in [2.05, 4.69) is 31.1 Å². The van der Waals surface area contributed by atoms with Crippen LogP contribution in [0.15, 0.2) is 16.2 Å². The molecular formula is C10H11BrN4OS. The van der Waals surface area contributed by atoms with Gasteiger partial charge in [0.25, 0.3) is 5.91 Å². The van der Waals surface area contributed by atoms with E-state index in [1.807, 2.05) is 13.0 Å². The Balaban J connectivity index is 2.09. The number of H-pyrrole nitrogens is 1. The number of amides is 1. The first-order valence-corrected chi connectivity index (χ1v) is 6.54. The third-order valence-electron chi connectivity index (χ3n) is 2.27. The summed E-state index contributed by atoms with van der Waals surface area (Å²) in [5.41, 5.74) is 1.08. The number of carbonyl (C=O) groups excluding carboxylic acids is 1. The van der Waals surface area contributed by atoms with Gasteiger partial charge in [-0.25, -0.2) is 4.98 Å². The van der Waals surface area contributed by atoms with Crippen molar-refractivity contribution >= 4 is 33.2 Å². The molecule has 17 heavy (non-hydrogen) atoms. The average Bonchev–Trinajstić information content (AvgIpc) is 2.89. The van der Waals surface area contributed by atoms with Gasteiger partial charge in [-0.2, -0.15) is 5.10 Å². The smallest absolute Gasteiger partial charge is 0.264 e. The molecule has 90 valence electrons. The summed E-state index contributed by atoms with van der Waals surface area (Å²) in [7, 11) is 1.74. The third kappa shape index (κ3) is 2.73. The molecular weight excluding hydrogens is 304 g/mol. The molecule has 5 nitrogen and oxygen atoms in total. The van der Waals surface area contributed by atoms with Crippen molar-refractivity contribution in [3.8, 4) is 0 Å². The van der Waals surface area contributed by atoms with Crippen LogP contribution < -0.4 is 0 Å². The number of hydrogen-bond donors (Lipinski definition) is 1. The van der Waals surface area contributed by atoms with Gasteiger partial charge in [-0.05, 0) is 34.5 Å². The first-order chi connectivity index (χ1) is 8.08. The van der Waals surface area contributed by atoms with Crippen LogP contribution in [0.1, 0.15) is 21.1 Å². The fraction of sp³-hybridized carbons (Fsp3) is 0.300. The maximum atomic E-state index is 12.1. The molecule has 0 aliphatic carbocycles. The zero-order valence-electron chi connectivity index (χ0n) is 9.40. The van der Waals surface area contributed by atoms with Gasteiger partial charge in [0.1, 0.15) is 12.2 Å². The molecule has 2 aromatic rings. The quantitative estimate of drug-likeness (QED) is 0.944. The Morgan fingerprint density at radius 1 is 1.65 bits per heavy atom. The van der Waals surface area contributed by atoms with Crippen molar-refractivity contribution in [1.82, 2.24) is 20.1 Å². The Morgan fingerprint density at radius 2 is 2.41 bits per heavy atom. The summed E-state index contributed by atoms with van der Waals surface area (Å²) >= 11 is 4.86. The Morgan fingerprint density at radius 3 is 2.94 bits per heavy atom. The molecule has 1 N–H and O–H groups in total. The number of nitrogens with one attached hydrogen (secondary N) is 1. The molecule has 1 amide bonds. The summed E-state index contributed by atoms with van der Waals surface area (Å²) in [4.78, 5) is 18.4. The maximum Gasteiger partial charge on any atom is 0.264 e. The van der Waals surface area contributed by atoms with E-state index >= 15 is 0 Å². The molecule has 0 aliphatic heterocycles. The normalized spacial score (nSPS) is 10.5. The number of hydrogen-bond acceptors (Lipinski definition) is 4. The number of aryl methyl sites for hydroxylation is 1. The Labute approximate surface area is 111 Å². The summed E-state index contributed by atoms with van der Waals surface area (Å²) in [6.45, 7) is 2.39. The number of carbonyl (C=O) groups is 1. The highest BCUT2D eigenvalue weighted by atomic mass is 79.9. The molecule has 7 heteroatoms. The van der Waals surface area contributed by atoms with Gasteiger partial charge in [-0.15, -0.1) is 11.3 Å². The minimum Gasteiger partial charge on any atom is -0.333 e. The second-order valence-corrected chi connectivity index (χ2v) is 6.03. The van der Waals surface area contributed by atoms with Crippen molar-refractivity contribution in [1.29, 1.82) is 0 Å². The zero-order valence-corrected chi connectivity index (χ0v) is 11.8. The summed E-state index contributed by atoms with van der Waals surface area (Å²) in [5.74, 6) is 0.661. The Kier molecular flexibility index (Phi) is 3.58. The summed E-state index contributed by atoms with van der Waals surface area (Å²) in [6.07, 6.45) is 1.43. The summed E-state index contributed by atoms with van der Waals surface area (Å²) in [6, 6.07) is 1.88. The van der Waals surface area contributed by atoms with E-state index in [0.717, 1.165) is 14.2 Å². The second-order valence-electron chi connectivity index (χ2n) is 3.66. The Hall–Kier alpha value is -1.21. The topological polar surface area (TPSA) is 61.9 Å². The zero-order chi connectivity index (χ0) is 12.4. The lowest BCUT2D eigenvalue weighted by Gasteiger charge is -2.13. The lowest BCUT2D eigenvalue weighted by Crippen LogP contribution is -2.25. The Bertz CT molecular complexity index is 503. The van der Waals surface area contributed by atoms with Gasteiger partial charge in [0.15, 0.2) is 0 Å². The highest BCUT2D eigenvalue weighted by Crippen LogP contribution is 2.28. The van der Waals surface area contributed by atoms with E-state index in [4.69, 9.17) is 0 Å². The maximum absolute atomic E-state index is 12.1. The molecule has 0 fully saturated rings. The number of aromatic nitrogens is 3. The predicted molar refractivity (Wildman–Crippen MR) is 68.9 cm³/mol. The number of rotatable bonds is 3. The van der Waals surface area contributed by atoms with Crippen molar-refractivity contribution in [2.45, 2.75) is 13.5 Å². The number of aromatic amines is 1. The van der Waals surface area contributed by atoms with Crippen LogP contribution in [0.3, 0.4) is 0 Å². The number of halogens is 1. The van der Waals surface area contributed by atoms with Gasteiger partial charge in [-0.3, -0.25) is 9.89 Å². The lowest BCUT2D eigenvalue weighted by molar-refractivity contribution is 0.0786. The van der Waals surface area contributed by atoms with Crippen molar-refractivity contribution in [2.75, 3.05) is 7.05 Å². The molecule has 0 spiro atoms. The highest BCUT2D eigenvalue weighted by Gasteiger charge is 2.16. The molecule has 0 saturated carbocycles. The molecule has 0 bridgehead atoms. The molecule has 0 saturated heterocycles. The minimum absolute atomic E-state index is 0.0137. The monoisotopic (exact) mass is 314 g/mol. The van der Waals surface area contributed by atoms with Crippen LogP contribution in [0.5, 0.6) is 0 Å². The van der Waals surface area contributed by atoms with Crippen LogP contribution in [0.2, 0.25) is 0 Å². The lowest BCUT2D eigenvalue weighted by atomic mass is 10.3. The van der Waals surface area contributed by atoms with E-state index in [1.54, 1.807) is 11.9 Å². The van der Waals surface area contributed by atoms with E-state index < -0.39 is 0 Å². The molecule has 0 atom stereocenters. The van der Waals surface area contributed by atoms with E-state index in [-0.39, 0.29) is 5.91 Å². The van der Waals surface area contributed by atoms with Crippen molar-refractivity contribution in [3.63, 3.8) is 0 Å². The SMILES string of the molecule is Cc1cc(C(=O)N(C)Cc2ncn[nH]2)sc1Br. The van der Waals surface area contributed by atoms with Gasteiger partial charge in [0.05, 0.1) is 15.2 Å². The molecule has 0 aromatic carbocycles. The first kappa shape index (κ1) is 12.3. The van der Waals surface area contributed by atoms with Crippen LogP contribution in [0, 0.1) is 6.92 Å². The third-order valence-corrected chi connectivity index (χ3v) is 4.39. The van der Waals surface area contributed by atoms with Crippen molar-refractivity contribution in [2.24, 2.45) is 0 Å². The van der Waals surface area contributed by atoms with Crippen LogP contribution >= 0.6 is 27.3 Å². The average molecular weight is 315 g/mol. The van der Waals surface area contributed by atoms with E-state index in [9.17, 15) is 4.79 Å². The standard InChI is InChI=1S/C10H11BrN4OS/c1-6-3-7(17-9(6)11)10(16)15(2)4-8-12-5-13-14-8/h3,5H,4H2,1-2H3,(H,12,13,14). The van der Waals surface area contributed by atoms with Crippen LogP contribution in [0.4, 0.5) is 0 Å². The largest absolute Gasteiger partial charge is 0.333 e. The molecule has 0 unspecified atom stereocenters. The van der Waals surface area contributed by atoms with Crippen LogP contribution in [-0.4, -0.2) is 33.0 Å². The van der Waals surface area contributed by atoms with Gasteiger partial charge in [-0.1, -0.05) is 0 Å². The van der Waals surface area contributed by atoms with E-state index in [1.165, 1.54) is 17.7 Å². The number of thiophene rings is 1. The predicted octanol–water partition coefficient (Wildman–Crippen LogP) is 2.21. The van der Waals surface area contributed by atoms with Crippen LogP contribution in [-0.2, 0) is 6.54 Å².